The maximum absolute atomic E-state index is 12.4. The zero-order valence-corrected chi connectivity index (χ0v) is 13.5. The molecule has 0 atom stereocenters. The number of pyridine rings is 1. The predicted octanol–water partition coefficient (Wildman–Crippen LogP) is 3.26. The number of carbonyl (C=O) groups is 1. The molecule has 0 bridgehead atoms. The third-order valence-corrected chi connectivity index (χ3v) is 5.87. The van der Waals surface area contributed by atoms with Crippen LogP contribution in [0.1, 0.15) is 43.2 Å². The van der Waals surface area contributed by atoms with Gasteiger partial charge in [0.05, 0.1) is 5.70 Å². The Morgan fingerprint density at radius 1 is 1.29 bits per heavy atom. The summed E-state index contributed by atoms with van der Waals surface area (Å²) < 4.78 is 0. The van der Waals surface area contributed by atoms with Crippen LogP contribution in [0.25, 0.3) is 10.5 Å². The Labute approximate surface area is 141 Å². The van der Waals surface area contributed by atoms with Gasteiger partial charge >= 0.3 is 0 Å². The third-order valence-electron chi connectivity index (χ3n) is 5.87. The van der Waals surface area contributed by atoms with Crippen molar-refractivity contribution in [3.63, 3.8) is 0 Å². The highest BCUT2D eigenvalue weighted by molar-refractivity contribution is 6.10. The fourth-order valence-corrected chi connectivity index (χ4v) is 4.25. The summed E-state index contributed by atoms with van der Waals surface area (Å²) in [5.41, 5.74) is 3.15. The minimum absolute atomic E-state index is 0.138. The van der Waals surface area contributed by atoms with Gasteiger partial charge in [-0.1, -0.05) is 13.0 Å². The smallest absolute Gasteiger partial charge is 0.270 e. The van der Waals surface area contributed by atoms with Crippen molar-refractivity contribution in [2.75, 3.05) is 13.1 Å². The van der Waals surface area contributed by atoms with Gasteiger partial charge in [0.25, 0.3) is 5.82 Å². The summed E-state index contributed by atoms with van der Waals surface area (Å²) in [5, 5.41) is 9.54. The van der Waals surface area contributed by atoms with E-state index >= 15 is 0 Å². The van der Waals surface area contributed by atoms with Crippen molar-refractivity contribution in [3.8, 4) is 6.07 Å². The average Bonchev–Trinajstić information content (AvgIpc) is 2.59. The number of allylic oxidation sites excluding steroid dienone is 1. The van der Waals surface area contributed by atoms with Gasteiger partial charge in [0.1, 0.15) is 17.8 Å². The first kappa shape index (κ1) is 14.9. The number of piperidine rings is 1. The number of hydrogen-bond acceptors (Lipinski definition) is 4. The van der Waals surface area contributed by atoms with Crippen molar-refractivity contribution in [3.05, 3.63) is 40.4 Å². The summed E-state index contributed by atoms with van der Waals surface area (Å²) in [5.74, 6) is 0.173. The first-order chi connectivity index (χ1) is 11.7. The van der Waals surface area contributed by atoms with E-state index in [0.717, 1.165) is 42.8 Å². The standard InChI is InChI=1S/C19H18N4O/c1-21-17-10-14-13(12-22-17)9-16(24)15(11-20)18(14)23-7-5-19(6-8-23)3-2-4-19/h10,12H,2-9H2. The topological polar surface area (TPSA) is 61.4 Å². The van der Waals surface area contributed by atoms with E-state index in [-0.39, 0.29) is 17.8 Å². The number of carbonyl (C=O) groups excluding carboxylic acids is 1. The lowest BCUT2D eigenvalue weighted by Crippen LogP contribution is -2.43. The minimum Gasteiger partial charge on any atom is -0.370 e. The van der Waals surface area contributed by atoms with Crippen LogP contribution < -0.4 is 0 Å². The fraction of sp³-hybridized carbons (Fsp3) is 0.474. The van der Waals surface area contributed by atoms with Crippen molar-refractivity contribution < 1.29 is 4.79 Å². The Kier molecular flexibility index (Phi) is 3.39. The van der Waals surface area contributed by atoms with E-state index in [1.165, 1.54) is 19.3 Å². The summed E-state index contributed by atoms with van der Waals surface area (Å²) in [6.07, 6.45) is 8.02. The zero-order valence-electron chi connectivity index (χ0n) is 13.5. The van der Waals surface area contributed by atoms with Crippen LogP contribution in [0.5, 0.6) is 0 Å². The van der Waals surface area contributed by atoms with E-state index < -0.39 is 0 Å². The Bertz CT molecular complexity index is 826. The van der Waals surface area contributed by atoms with Crippen LogP contribution in [-0.4, -0.2) is 28.8 Å². The van der Waals surface area contributed by atoms with Gasteiger partial charge in [0.15, 0.2) is 5.78 Å². The molecule has 2 aliphatic carbocycles. The first-order valence-corrected chi connectivity index (χ1v) is 8.45. The molecule has 0 unspecified atom stereocenters. The number of aromatic nitrogens is 1. The predicted molar refractivity (Wildman–Crippen MR) is 88.8 cm³/mol. The second-order valence-electron chi connectivity index (χ2n) is 7.09. The summed E-state index contributed by atoms with van der Waals surface area (Å²) in [7, 11) is 0. The second-order valence-corrected chi connectivity index (χ2v) is 7.09. The molecule has 0 aromatic carbocycles. The molecule has 24 heavy (non-hydrogen) atoms. The van der Waals surface area contributed by atoms with Crippen molar-refractivity contribution in [2.45, 2.75) is 38.5 Å². The number of nitriles is 1. The van der Waals surface area contributed by atoms with E-state index in [9.17, 15) is 10.1 Å². The van der Waals surface area contributed by atoms with Crippen LogP contribution in [0.2, 0.25) is 0 Å². The number of rotatable bonds is 1. The molecule has 3 aliphatic rings. The Morgan fingerprint density at radius 2 is 2.04 bits per heavy atom. The molecule has 2 heterocycles. The van der Waals surface area contributed by atoms with Crippen molar-refractivity contribution in [2.24, 2.45) is 5.41 Å². The quantitative estimate of drug-likeness (QED) is 0.746. The molecule has 0 radical (unpaired) electrons. The molecule has 1 aromatic heterocycles. The highest BCUT2D eigenvalue weighted by Gasteiger charge is 2.41. The Morgan fingerprint density at radius 3 is 2.62 bits per heavy atom. The summed E-state index contributed by atoms with van der Waals surface area (Å²) in [4.78, 5) is 22.1. The van der Waals surface area contributed by atoms with Gasteiger partial charge < -0.3 is 9.74 Å². The van der Waals surface area contributed by atoms with Gasteiger partial charge in [-0.05, 0) is 42.7 Å². The van der Waals surface area contributed by atoms with Gasteiger partial charge in [-0.15, -0.1) is 4.98 Å². The summed E-state index contributed by atoms with van der Waals surface area (Å²) >= 11 is 0. The monoisotopic (exact) mass is 318 g/mol. The SMILES string of the molecule is [C-]#[N+]c1cc2c(cn1)CC(=O)C(C#N)=C2N1CCC2(CCC2)CC1. The van der Waals surface area contributed by atoms with E-state index in [1.807, 2.05) is 0 Å². The first-order valence-electron chi connectivity index (χ1n) is 8.45. The lowest BCUT2D eigenvalue weighted by atomic mass is 9.63. The number of nitrogens with zero attached hydrogens (tertiary/aromatic N) is 4. The molecule has 2 fully saturated rings. The summed E-state index contributed by atoms with van der Waals surface area (Å²) in [6.45, 7) is 8.95. The van der Waals surface area contributed by atoms with Crippen LogP contribution in [0.15, 0.2) is 17.8 Å². The van der Waals surface area contributed by atoms with Crippen LogP contribution in [0, 0.1) is 23.3 Å². The average molecular weight is 318 g/mol. The Balaban J connectivity index is 1.75. The normalized spacial score (nSPS) is 21.8. The van der Waals surface area contributed by atoms with E-state index in [2.05, 4.69) is 20.8 Å². The van der Waals surface area contributed by atoms with E-state index in [0.29, 0.717) is 11.2 Å². The summed E-state index contributed by atoms with van der Waals surface area (Å²) in [6, 6.07) is 3.85. The Hall–Kier alpha value is -2.66. The van der Waals surface area contributed by atoms with E-state index in [1.54, 1.807) is 12.3 Å². The van der Waals surface area contributed by atoms with Crippen LogP contribution >= 0.6 is 0 Å². The number of ketones is 1. The molecular formula is C19H18N4O. The molecule has 1 aromatic rings. The molecule has 5 heteroatoms. The maximum atomic E-state index is 12.4. The van der Waals surface area contributed by atoms with Crippen molar-refractivity contribution >= 4 is 17.3 Å². The van der Waals surface area contributed by atoms with Gasteiger partial charge in [-0.2, -0.15) is 5.26 Å². The van der Waals surface area contributed by atoms with Crippen LogP contribution in [-0.2, 0) is 11.2 Å². The van der Waals surface area contributed by atoms with E-state index in [4.69, 9.17) is 6.57 Å². The molecule has 0 N–H and O–H groups in total. The molecule has 1 aliphatic heterocycles. The highest BCUT2D eigenvalue weighted by Crippen LogP contribution is 2.50. The maximum Gasteiger partial charge on any atom is 0.270 e. The second kappa shape index (κ2) is 5.46. The van der Waals surface area contributed by atoms with Gasteiger partial charge in [0, 0.05) is 25.1 Å². The lowest BCUT2D eigenvalue weighted by Gasteiger charge is -2.49. The molecule has 120 valence electrons. The number of hydrogen-bond donors (Lipinski definition) is 0. The minimum atomic E-state index is -0.138. The number of likely N-dealkylation sites (tertiary alicyclic amines) is 1. The fourth-order valence-electron chi connectivity index (χ4n) is 4.25. The molecular weight excluding hydrogens is 300 g/mol. The van der Waals surface area contributed by atoms with Crippen molar-refractivity contribution in [1.82, 2.24) is 9.88 Å². The molecule has 0 amide bonds. The largest absolute Gasteiger partial charge is 0.370 e. The van der Waals surface area contributed by atoms with Gasteiger partial charge in [-0.25, -0.2) is 0 Å². The molecule has 1 saturated heterocycles. The molecule has 1 saturated carbocycles. The van der Waals surface area contributed by atoms with Crippen LogP contribution in [0.3, 0.4) is 0 Å². The van der Waals surface area contributed by atoms with Crippen molar-refractivity contribution in [1.29, 1.82) is 5.26 Å². The molecule has 1 spiro atoms. The zero-order chi connectivity index (χ0) is 16.7. The number of fused-ring (bicyclic) bond motifs is 1. The molecule has 4 rings (SSSR count). The van der Waals surface area contributed by atoms with Gasteiger partial charge in [0.2, 0.25) is 0 Å². The van der Waals surface area contributed by atoms with Crippen LogP contribution in [0.4, 0.5) is 5.82 Å². The van der Waals surface area contributed by atoms with Gasteiger partial charge in [-0.3, -0.25) is 4.79 Å². The molecule has 5 nitrogen and oxygen atoms in total. The highest BCUT2D eigenvalue weighted by atomic mass is 16.1. The third kappa shape index (κ3) is 2.20. The number of Topliss-reactive ketones (excluding diaryl/α,β-unsaturated/α-hetero) is 1. The lowest BCUT2D eigenvalue weighted by molar-refractivity contribution is -0.114.